The summed E-state index contributed by atoms with van der Waals surface area (Å²) in [6.07, 6.45) is 0. The quantitative estimate of drug-likeness (QED) is 0.432. The van der Waals surface area contributed by atoms with E-state index in [-0.39, 0.29) is 20.8 Å². The Balaban J connectivity index is 3.18. The third-order valence-corrected chi connectivity index (χ3v) is 8.31. The molecule has 19 heavy (non-hydrogen) atoms. The van der Waals surface area contributed by atoms with Crippen LogP contribution in [0.1, 0.15) is 20.8 Å². The molecule has 4 nitrogen and oxygen atoms in total. The lowest BCUT2D eigenvalue weighted by molar-refractivity contribution is -0.384. The minimum absolute atomic E-state index is 0.00454. The normalized spacial score (nSPS) is 12.4. The summed E-state index contributed by atoms with van der Waals surface area (Å²) < 4.78 is 6.01. The van der Waals surface area contributed by atoms with Crippen molar-refractivity contribution in [3.8, 4) is 5.75 Å². The summed E-state index contributed by atoms with van der Waals surface area (Å²) in [5.41, 5.74) is -0.214. The highest BCUT2D eigenvalue weighted by atomic mass is 35.5. The molecule has 0 saturated heterocycles. The highest BCUT2D eigenvalue weighted by Crippen LogP contribution is 2.41. The summed E-state index contributed by atoms with van der Waals surface area (Å²) in [7, 11) is -2.06. The third kappa shape index (κ3) is 3.61. The third-order valence-electron chi connectivity index (χ3n) is 3.37. The number of benzene rings is 1. The zero-order valence-corrected chi connectivity index (χ0v) is 14.1. The van der Waals surface area contributed by atoms with Crippen molar-refractivity contribution in [3.63, 3.8) is 0 Å². The summed E-state index contributed by atoms with van der Waals surface area (Å²) in [6, 6.07) is 2.65. The molecule has 106 valence electrons. The van der Waals surface area contributed by atoms with Crippen molar-refractivity contribution in [1.82, 2.24) is 0 Å². The second kappa shape index (κ2) is 5.30. The van der Waals surface area contributed by atoms with E-state index >= 15 is 0 Å². The van der Waals surface area contributed by atoms with Crippen LogP contribution in [0.15, 0.2) is 12.1 Å². The van der Waals surface area contributed by atoms with Crippen molar-refractivity contribution < 1.29 is 9.35 Å². The van der Waals surface area contributed by atoms with Gasteiger partial charge >= 0.3 is 0 Å². The van der Waals surface area contributed by atoms with Gasteiger partial charge in [-0.05, 0) is 18.1 Å². The van der Waals surface area contributed by atoms with Crippen molar-refractivity contribution in [2.75, 3.05) is 0 Å². The number of rotatable bonds is 3. The van der Waals surface area contributed by atoms with E-state index in [0.717, 1.165) is 0 Å². The van der Waals surface area contributed by atoms with E-state index in [0.29, 0.717) is 5.75 Å². The van der Waals surface area contributed by atoms with E-state index in [1.54, 1.807) is 0 Å². The van der Waals surface area contributed by atoms with E-state index < -0.39 is 13.2 Å². The van der Waals surface area contributed by atoms with Crippen LogP contribution in [-0.2, 0) is 0 Å². The van der Waals surface area contributed by atoms with Crippen LogP contribution in [0, 0.1) is 10.1 Å². The first-order chi connectivity index (χ1) is 8.45. The molecule has 1 rings (SSSR count). The molecule has 1 aromatic carbocycles. The number of nitro groups is 1. The van der Waals surface area contributed by atoms with Gasteiger partial charge in [-0.2, -0.15) is 0 Å². The Hall–Kier alpha value is -0.783. The van der Waals surface area contributed by atoms with E-state index in [9.17, 15) is 10.1 Å². The molecule has 7 heteroatoms. The van der Waals surface area contributed by atoms with Crippen LogP contribution in [0.4, 0.5) is 5.69 Å². The standard InChI is InChI=1S/C12H17Cl2NO3Si/c1-12(2,3)19(4,5)18-11-7-8(13)10(15(16)17)6-9(11)14/h6-7H,1-5H3. The van der Waals surface area contributed by atoms with Crippen LogP contribution in [0.2, 0.25) is 28.2 Å². The molecule has 0 heterocycles. The van der Waals surface area contributed by atoms with Crippen molar-refractivity contribution in [3.05, 3.63) is 32.3 Å². The van der Waals surface area contributed by atoms with Gasteiger partial charge in [-0.25, -0.2) is 0 Å². The van der Waals surface area contributed by atoms with Crippen LogP contribution in [0.3, 0.4) is 0 Å². The minimum Gasteiger partial charge on any atom is -0.542 e. The maximum Gasteiger partial charge on any atom is 0.289 e. The van der Waals surface area contributed by atoms with Crippen molar-refractivity contribution in [1.29, 1.82) is 0 Å². The predicted molar refractivity (Wildman–Crippen MR) is 80.9 cm³/mol. The molecule has 0 aliphatic carbocycles. The lowest BCUT2D eigenvalue weighted by atomic mass is 10.2. The zero-order chi connectivity index (χ0) is 15.0. The molecule has 0 N–H and O–H groups in total. The Morgan fingerprint density at radius 3 is 2.16 bits per heavy atom. The summed E-state index contributed by atoms with van der Waals surface area (Å²) in [5.74, 6) is 0.406. The fourth-order valence-electron chi connectivity index (χ4n) is 1.16. The van der Waals surface area contributed by atoms with Crippen LogP contribution < -0.4 is 4.43 Å². The van der Waals surface area contributed by atoms with Gasteiger partial charge in [0, 0.05) is 12.1 Å². The highest BCUT2D eigenvalue weighted by Gasteiger charge is 2.39. The molecule has 0 radical (unpaired) electrons. The maximum absolute atomic E-state index is 10.8. The number of hydrogen-bond acceptors (Lipinski definition) is 3. The second-order valence-corrected chi connectivity index (χ2v) is 11.4. The monoisotopic (exact) mass is 321 g/mol. The van der Waals surface area contributed by atoms with Gasteiger partial charge in [0.15, 0.2) is 0 Å². The fraction of sp³-hybridized carbons (Fsp3) is 0.500. The highest BCUT2D eigenvalue weighted by molar-refractivity contribution is 6.74. The van der Waals surface area contributed by atoms with E-state index in [1.165, 1.54) is 12.1 Å². The molecule has 0 saturated carbocycles. The number of halogens is 2. The first-order valence-corrected chi connectivity index (χ1v) is 9.44. The van der Waals surface area contributed by atoms with Crippen LogP contribution >= 0.6 is 23.2 Å². The average Bonchev–Trinajstić information content (AvgIpc) is 2.20. The SMILES string of the molecule is CC(C)(C)[Si](C)(C)Oc1cc(Cl)c([N+](=O)[O-])cc1Cl. The molecule has 0 aliphatic rings. The van der Waals surface area contributed by atoms with Gasteiger partial charge in [0.05, 0.1) is 9.95 Å². The first-order valence-electron chi connectivity index (χ1n) is 5.78. The first kappa shape index (κ1) is 16.3. The summed E-state index contributed by atoms with van der Waals surface area (Å²) in [5, 5.41) is 11.0. The Kier molecular flexibility index (Phi) is 4.54. The van der Waals surface area contributed by atoms with Crippen LogP contribution in [0.5, 0.6) is 5.75 Å². The van der Waals surface area contributed by atoms with Crippen LogP contribution in [-0.4, -0.2) is 13.2 Å². The van der Waals surface area contributed by atoms with Gasteiger partial charge < -0.3 is 4.43 Å². The van der Waals surface area contributed by atoms with Crippen molar-refractivity contribution in [2.45, 2.75) is 38.9 Å². The number of nitro benzene ring substituents is 1. The van der Waals surface area contributed by atoms with E-state index in [4.69, 9.17) is 27.6 Å². The molecule has 0 fully saturated rings. The maximum atomic E-state index is 10.8. The van der Waals surface area contributed by atoms with Gasteiger partial charge in [-0.1, -0.05) is 44.0 Å². The molecule has 0 aliphatic heterocycles. The predicted octanol–water partition coefficient (Wildman–Crippen LogP) is 5.29. The van der Waals surface area contributed by atoms with Crippen molar-refractivity contribution in [2.24, 2.45) is 0 Å². The van der Waals surface area contributed by atoms with Crippen molar-refractivity contribution >= 4 is 37.2 Å². The van der Waals surface area contributed by atoms with E-state index in [1.807, 2.05) is 0 Å². The summed E-state index contributed by atoms with van der Waals surface area (Å²) in [6.45, 7) is 10.4. The van der Waals surface area contributed by atoms with Gasteiger partial charge in [-0.3, -0.25) is 10.1 Å². The molecular formula is C12H17Cl2NO3Si. The Morgan fingerprint density at radius 1 is 1.21 bits per heavy atom. The smallest absolute Gasteiger partial charge is 0.289 e. The largest absolute Gasteiger partial charge is 0.542 e. The molecule has 0 amide bonds. The zero-order valence-electron chi connectivity index (χ0n) is 11.6. The fourth-order valence-corrected chi connectivity index (χ4v) is 2.67. The molecule has 0 unspecified atom stereocenters. The lowest BCUT2D eigenvalue weighted by Gasteiger charge is -2.36. The molecular weight excluding hydrogens is 305 g/mol. The van der Waals surface area contributed by atoms with Gasteiger partial charge in [0.1, 0.15) is 10.8 Å². The Bertz CT molecular complexity index is 512. The van der Waals surface area contributed by atoms with Gasteiger partial charge in [-0.15, -0.1) is 0 Å². The second-order valence-electron chi connectivity index (χ2n) is 5.85. The van der Waals surface area contributed by atoms with Gasteiger partial charge in [0.2, 0.25) is 0 Å². The molecule has 0 aromatic heterocycles. The lowest BCUT2D eigenvalue weighted by Crippen LogP contribution is -2.43. The molecule has 1 aromatic rings. The average molecular weight is 322 g/mol. The Labute approximate surface area is 123 Å². The number of hydrogen-bond donors (Lipinski definition) is 0. The Morgan fingerprint density at radius 2 is 1.74 bits per heavy atom. The number of nitrogens with zero attached hydrogens (tertiary/aromatic N) is 1. The van der Waals surface area contributed by atoms with E-state index in [2.05, 4.69) is 33.9 Å². The molecule has 0 atom stereocenters. The van der Waals surface area contributed by atoms with Crippen LogP contribution in [0.25, 0.3) is 0 Å². The molecule has 0 spiro atoms. The summed E-state index contributed by atoms with van der Waals surface area (Å²) in [4.78, 5) is 10.2. The van der Waals surface area contributed by atoms with Gasteiger partial charge in [0.25, 0.3) is 14.0 Å². The topological polar surface area (TPSA) is 52.4 Å². The minimum atomic E-state index is -2.06. The summed E-state index contributed by atoms with van der Waals surface area (Å²) >= 11 is 11.9. The molecule has 0 bridgehead atoms.